The molecule has 1 aromatic carbocycles. The maximum Gasteiger partial charge on any atom is 0.138 e. The highest BCUT2D eigenvalue weighted by molar-refractivity contribution is 7.98. The lowest BCUT2D eigenvalue weighted by atomic mass is 10.3. The molecule has 7 heteroatoms. The Balaban J connectivity index is 2.08. The summed E-state index contributed by atoms with van der Waals surface area (Å²) in [6.07, 6.45) is 0. The average Bonchev–Trinajstić information content (AvgIpc) is 2.63. The Morgan fingerprint density at radius 3 is 2.94 bits per heavy atom. The number of anilines is 1. The fraction of sp³-hybridized carbons (Fsp3) is 0.111. The van der Waals surface area contributed by atoms with E-state index in [2.05, 4.69) is 9.59 Å². The summed E-state index contributed by atoms with van der Waals surface area (Å²) in [5.74, 6) is 0.237. The Bertz CT molecular complexity index is 503. The van der Waals surface area contributed by atoms with Crippen molar-refractivity contribution >= 4 is 40.6 Å². The molecule has 0 fully saturated rings. The monoisotopic (exact) mass is 275 g/mol. The second-order valence-corrected chi connectivity index (χ2v) is 5.34. The average molecular weight is 276 g/mol. The molecule has 0 saturated carbocycles. The number of hydrogen-bond donors (Lipinski definition) is 1. The summed E-state index contributed by atoms with van der Waals surface area (Å²) in [6, 6.07) is 4.31. The molecule has 2 rings (SSSR count). The molecule has 0 aliphatic carbocycles. The zero-order valence-electron chi connectivity index (χ0n) is 7.98. The second-order valence-electron chi connectivity index (χ2n) is 2.96. The molecule has 0 unspecified atom stereocenters. The normalized spacial score (nSPS) is 10.6. The third kappa shape index (κ3) is 2.63. The van der Waals surface area contributed by atoms with E-state index < -0.39 is 0 Å². The first-order valence-corrected chi connectivity index (χ1v) is 6.45. The second kappa shape index (κ2) is 4.99. The highest BCUT2D eigenvalue weighted by Gasteiger charge is 2.07. The number of nitrogens with two attached hydrogens (primary N) is 1. The van der Waals surface area contributed by atoms with Gasteiger partial charge in [0.2, 0.25) is 0 Å². The predicted molar refractivity (Wildman–Crippen MR) is 65.3 cm³/mol. The van der Waals surface area contributed by atoms with E-state index in [0.717, 1.165) is 22.1 Å². The van der Waals surface area contributed by atoms with Crippen LogP contribution in [0.1, 0.15) is 5.69 Å². The van der Waals surface area contributed by atoms with Crippen LogP contribution in [0.4, 0.5) is 10.1 Å². The molecule has 1 aromatic heterocycles. The summed E-state index contributed by atoms with van der Waals surface area (Å²) in [6.45, 7) is 0. The molecule has 0 bridgehead atoms. The molecular formula is C9H7ClFN3S2. The van der Waals surface area contributed by atoms with Gasteiger partial charge in [0.25, 0.3) is 0 Å². The first kappa shape index (κ1) is 11.6. The van der Waals surface area contributed by atoms with Gasteiger partial charge in [0.15, 0.2) is 0 Å². The summed E-state index contributed by atoms with van der Waals surface area (Å²) in [5, 5.41) is 3.88. The SMILES string of the molecule is Nc1cc(F)ccc1SCc1nnsc1Cl. The van der Waals surface area contributed by atoms with Crippen LogP contribution in [0.5, 0.6) is 0 Å². The van der Waals surface area contributed by atoms with Gasteiger partial charge >= 0.3 is 0 Å². The van der Waals surface area contributed by atoms with Gasteiger partial charge in [-0.1, -0.05) is 16.1 Å². The number of aromatic nitrogens is 2. The van der Waals surface area contributed by atoms with Crippen LogP contribution in [0.25, 0.3) is 0 Å². The third-order valence-corrected chi connectivity index (χ3v) is 3.93. The van der Waals surface area contributed by atoms with E-state index in [1.54, 1.807) is 6.07 Å². The molecule has 0 amide bonds. The van der Waals surface area contributed by atoms with E-state index in [4.69, 9.17) is 17.3 Å². The Hall–Kier alpha value is -0.850. The van der Waals surface area contributed by atoms with Crippen molar-refractivity contribution in [1.82, 2.24) is 9.59 Å². The van der Waals surface area contributed by atoms with Gasteiger partial charge in [0.1, 0.15) is 15.8 Å². The number of rotatable bonds is 3. The van der Waals surface area contributed by atoms with Gasteiger partial charge in [-0.25, -0.2) is 4.39 Å². The zero-order valence-corrected chi connectivity index (χ0v) is 10.4. The van der Waals surface area contributed by atoms with Crippen LogP contribution in [0.3, 0.4) is 0 Å². The summed E-state index contributed by atoms with van der Waals surface area (Å²) in [7, 11) is 0. The summed E-state index contributed by atoms with van der Waals surface area (Å²) >= 11 is 8.46. The quantitative estimate of drug-likeness (QED) is 0.690. The van der Waals surface area contributed by atoms with Crippen molar-refractivity contribution in [2.45, 2.75) is 10.6 Å². The van der Waals surface area contributed by atoms with E-state index in [1.165, 1.54) is 23.9 Å². The molecule has 0 saturated heterocycles. The van der Waals surface area contributed by atoms with Gasteiger partial charge in [-0.15, -0.1) is 16.9 Å². The van der Waals surface area contributed by atoms with Gasteiger partial charge < -0.3 is 5.73 Å². The summed E-state index contributed by atoms with van der Waals surface area (Å²) in [4.78, 5) is 0.811. The number of nitrogens with zero attached hydrogens (tertiary/aromatic N) is 2. The van der Waals surface area contributed by atoms with Crippen molar-refractivity contribution in [2.24, 2.45) is 0 Å². The molecule has 84 valence electrons. The lowest BCUT2D eigenvalue weighted by molar-refractivity contribution is 0.627. The minimum absolute atomic E-state index is 0.338. The molecular weight excluding hydrogens is 269 g/mol. The number of halogens is 2. The third-order valence-electron chi connectivity index (χ3n) is 1.85. The Kier molecular flexibility index (Phi) is 3.63. The van der Waals surface area contributed by atoms with E-state index in [9.17, 15) is 4.39 Å². The lowest BCUT2D eigenvalue weighted by Crippen LogP contribution is -1.90. The molecule has 0 radical (unpaired) electrons. The Morgan fingerprint density at radius 1 is 1.50 bits per heavy atom. The van der Waals surface area contributed by atoms with Crippen molar-refractivity contribution in [3.8, 4) is 0 Å². The van der Waals surface area contributed by atoms with Crippen molar-refractivity contribution in [1.29, 1.82) is 0 Å². The number of nitrogen functional groups attached to an aromatic ring is 1. The molecule has 1 heterocycles. The Labute approximate surface area is 105 Å². The molecule has 0 aliphatic heterocycles. The standard InChI is InChI=1S/C9H7ClFN3S2/c10-9-7(13-14-16-9)4-15-8-2-1-5(11)3-6(8)12/h1-3H,4,12H2. The number of thioether (sulfide) groups is 1. The van der Waals surface area contributed by atoms with Gasteiger partial charge in [-0.2, -0.15) is 0 Å². The van der Waals surface area contributed by atoms with Crippen LogP contribution in [0.15, 0.2) is 23.1 Å². The largest absolute Gasteiger partial charge is 0.398 e. The van der Waals surface area contributed by atoms with Crippen molar-refractivity contribution in [3.63, 3.8) is 0 Å². The summed E-state index contributed by atoms with van der Waals surface area (Å²) < 4.78 is 17.1. The van der Waals surface area contributed by atoms with Gasteiger partial charge in [-0.3, -0.25) is 0 Å². The highest BCUT2D eigenvalue weighted by atomic mass is 35.5. The highest BCUT2D eigenvalue weighted by Crippen LogP contribution is 2.30. The van der Waals surface area contributed by atoms with E-state index in [-0.39, 0.29) is 5.82 Å². The molecule has 2 aromatic rings. The molecule has 0 aliphatic rings. The summed E-state index contributed by atoms with van der Waals surface area (Å²) in [5.41, 5.74) is 6.81. The molecule has 16 heavy (non-hydrogen) atoms. The first-order chi connectivity index (χ1) is 7.66. The van der Waals surface area contributed by atoms with E-state index in [1.807, 2.05) is 0 Å². The van der Waals surface area contributed by atoms with Gasteiger partial charge in [-0.05, 0) is 18.2 Å². The van der Waals surface area contributed by atoms with Crippen LogP contribution in [-0.2, 0) is 5.75 Å². The lowest BCUT2D eigenvalue weighted by Gasteiger charge is -2.03. The first-order valence-electron chi connectivity index (χ1n) is 4.31. The molecule has 0 atom stereocenters. The van der Waals surface area contributed by atoms with Crippen molar-refractivity contribution in [3.05, 3.63) is 34.0 Å². The van der Waals surface area contributed by atoms with E-state index >= 15 is 0 Å². The Morgan fingerprint density at radius 2 is 2.31 bits per heavy atom. The maximum atomic E-state index is 12.8. The minimum Gasteiger partial charge on any atom is -0.398 e. The number of benzene rings is 1. The van der Waals surface area contributed by atoms with Gasteiger partial charge in [0, 0.05) is 27.9 Å². The van der Waals surface area contributed by atoms with Crippen molar-refractivity contribution in [2.75, 3.05) is 5.73 Å². The maximum absolute atomic E-state index is 12.8. The van der Waals surface area contributed by atoms with E-state index in [0.29, 0.717) is 15.8 Å². The van der Waals surface area contributed by atoms with Crippen LogP contribution >= 0.6 is 34.9 Å². The topological polar surface area (TPSA) is 51.8 Å². The van der Waals surface area contributed by atoms with Crippen molar-refractivity contribution < 1.29 is 4.39 Å². The fourth-order valence-corrected chi connectivity index (χ4v) is 2.76. The molecule has 3 nitrogen and oxygen atoms in total. The molecule has 2 N–H and O–H groups in total. The van der Waals surface area contributed by atoms with Crippen LogP contribution < -0.4 is 5.73 Å². The van der Waals surface area contributed by atoms with Crippen LogP contribution in [0.2, 0.25) is 4.34 Å². The molecule has 0 spiro atoms. The zero-order chi connectivity index (χ0) is 11.5. The van der Waals surface area contributed by atoms with Crippen LogP contribution in [-0.4, -0.2) is 9.59 Å². The van der Waals surface area contributed by atoms with Crippen LogP contribution in [0, 0.1) is 5.82 Å². The predicted octanol–water partition coefficient (Wildman–Crippen LogP) is 3.21. The van der Waals surface area contributed by atoms with Gasteiger partial charge in [0.05, 0.1) is 0 Å². The smallest absolute Gasteiger partial charge is 0.138 e. The fourth-order valence-electron chi connectivity index (χ4n) is 1.08. The number of hydrogen-bond acceptors (Lipinski definition) is 5. The minimum atomic E-state index is -0.338.